The predicted molar refractivity (Wildman–Crippen MR) is 104 cm³/mol. The summed E-state index contributed by atoms with van der Waals surface area (Å²) in [6.45, 7) is 5.18. The first kappa shape index (κ1) is 23.6. The molecule has 0 aromatic heterocycles. The smallest absolute Gasteiger partial charge is 0.123 e. The molecule has 0 amide bonds. The largest absolute Gasteiger partial charge is 0.396 e. The molecule has 5 heteroatoms. The zero-order chi connectivity index (χ0) is 18.9. The monoisotopic (exact) mass is 370 g/mol. The lowest BCUT2D eigenvalue weighted by Gasteiger charge is -1.98. The van der Waals surface area contributed by atoms with Crippen LogP contribution in [0.5, 0.6) is 0 Å². The Labute approximate surface area is 152 Å². The van der Waals surface area contributed by atoms with Gasteiger partial charge in [-0.2, -0.15) is 0 Å². The van der Waals surface area contributed by atoms with Crippen molar-refractivity contribution in [1.82, 2.24) is 0 Å². The highest BCUT2D eigenvalue weighted by atomic mass is 31.1. The van der Waals surface area contributed by atoms with E-state index in [4.69, 9.17) is 9.84 Å². The van der Waals surface area contributed by atoms with E-state index in [0.717, 1.165) is 39.0 Å². The van der Waals surface area contributed by atoms with E-state index in [-0.39, 0.29) is 18.2 Å². The highest BCUT2D eigenvalue weighted by Gasteiger charge is 1.93. The number of aliphatic hydroxyl groups is 1. The van der Waals surface area contributed by atoms with E-state index in [1.165, 1.54) is 24.3 Å². The first-order valence-corrected chi connectivity index (χ1v) is 10.2. The molecule has 1 N–H and O–H groups in total. The Hall–Kier alpha value is -1.35. The SMILES string of the molecule is COCCc1ccc(F)cc1.CPC.OCCCc1ccc(F)cc1. The van der Waals surface area contributed by atoms with Gasteiger partial charge in [-0.25, -0.2) is 8.78 Å². The molecule has 0 aliphatic rings. The van der Waals surface area contributed by atoms with E-state index >= 15 is 0 Å². The van der Waals surface area contributed by atoms with Crippen LogP contribution in [0, 0.1) is 11.6 Å². The minimum Gasteiger partial charge on any atom is -0.396 e. The average Bonchev–Trinajstić information content (AvgIpc) is 2.62. The Bertz CT molecular complexity index is 481. The van der Waals surface area contributed by atoms with Gasteiger partial charge >= 0.3 is 0 Å². The average molecular weight is 370 g/mol. The molecule has 2 rings (SSSR count). The van der Waals surface area contributed by atoms with Crippen LogP contribution < -0.4 is 0 Å². The quantitative estimate of drug-likeness (QED) is 0.748. The summed E-state index contributed by atoms with van der Waals surface area (Å²) in [7, 11) is 2.74. The molecular formula is C20H29F2O2P. The summed E-state index contributed by atoms with van der Waals surface area (Å²) in [5.74, 6) is -0.399. The van der Waals surface area contributed by atoms with E-state index in [0.29, 0.717) is 6.61 Å². The molecule has 0 unspecified atom stereocenters. The molecule has 0 spiro atoms. The van der Waals surface area contributed by atoms with Gasteiger partial charge < -0.3 is 9.84 Å². The molecule has 0 aliphatic carbocycles. The van der Waals surface area contributed by atoms with Crippen molar-refractivity contribution in [3.63, 3.8) is 0 Å². The maximum atomic E-state index is 12.4. The molecule has 2 nitrogen and oxygen atoms in total. The van der Waals surface area contributed by atoms with Crippen LogP contribution in [0.1, 0.15) is 17.5 Å². The van der Waals surface area contributed by atoms with E-state index in [9.17, 15) is 8.78 Å². The van der Waals surface area contributed by atoms with Crippen molar-refractivity contribution in [1.29, 1.82) is 0 Å². The summed E-state index contributed by atoms with van der Waals surface area (Å²) < 4.78 is 29.6. The fourth-order valence-corrected chi connectivity index (χ4v) is 1.81. The number of hydrogen-bond acceptors (Lipinski definition) is 2. The molecule has 25 heavy (non-hydrogen) atoms. The molecule has 0 radical (unpaired) electrons. The summed E-state index contributed by atoms with van der Waals surface area (Å²) in [6.07, 6.45) is 2.40. The van der Waals surface area contributed by atoms with Gasteiger partial charge in [-0.1, -0.05) is 24.3 Å². The fraction of sp³-hybridized carbons (Fsp3) is 0.400. The number of benzene rings is 2. The minimum absolute atomic E-state index is 0.189. The number of aliphatic hydroxyl groups excluding tert-OH is 1. The summed E-state index contributed by atoms with van der Waals surface area (Å²) in [5.41, 5.74) is 2.17. The Morgan fingerprint density at radius 2 is 1.24 bits per heavy atom. The van der Waals surface area contributed by atoms with Crippen molar-refractivity contribution >= 4 is 8.58 Å². The topological polar surface area (TPSA) is 29.5 Å². The van der Waals surface area contributed by atoms with E-state index in [1.54, 1.807) is 31.4 Å². The number of hydrogen-bond donors (Lipinski definition) is 1. The molecule has 0 saturated carbocycles. The molecule has 0 bridgehead atoms. The molecule has 0 atom stereocenters. The van der Waals surface area contributed by atoms with E-state index in [2.05, 4.69) is 13.3 Å². The standard InChI is InChI=1S/2C9H11FO.C2H7P/c1-11-7-6-8-2-4-9(10)5-3-8;10-9-5-3-8(4-6-9)2-1-7-11;1-3-2/h2-5H,6-7H2,1H3;3-6,11H,1-2,7H2;3H,1-2H3. The third kappa shape index (κ3) is 13.6. The second-order valence-corrected chi connectivity index (χ2v) is 6.32. The van der Waals surface area contributed by atoms with Gasteiger partial charge in [-0.3, -0.25) is 0 Å². The zero-order valence-electron chi connectivity index (χ0n) is 15.3. The van der Waals surface area contributed by atoms with Crippen molar-refractivity contribution in [2.24, 2.45) is 0 Å². The summed E-state index contributed by atoms with van der Waals surface area (Å²) >= 11 is 0. The van der Waals surface area contributed by atoms with Crippen LogP contribution in [-0.4, -0.2) is 38.8 Å². The van der Waals surface area contributed by atoms with Crippen LogP contribution in [0.15, 0.2) is 48.5 Å². The molecule has 2 aromatic carbocycles. The lowest BCUT2D eigenvalue weighted by atomic mass is 10.1. The molecule has 0 saturated heterocycles. The number of rotatable bonds is 6. The van der Waals surface area contributed by atoms with Gasteiger partial charge in [0.2, 0.25) is 0 Å². The minimum atomic E-state index is -0.210. The molecule has 140 valence electrons. The van der Waals surface area contributed by atoms with Gasteiger partial charge in [0.15, 0.2) is 0 Å². The third-order valence-electron chi connectivity index (χ3n) is 3.04. The maximum absolute atomic E-state index is 12.4. The van der Waals surface area contributed by atoms with E-state index in [1.807, 2.05) is 0 Å². The number of aryl methyl sites for hydroxylation is 1. The van der Waals surface area contributed by atoms with Gasteiger partial charge in [-0.05, 0) is 68.0 Å². The maximum Gasteiger partial charge on any atom is 0.123 e. The lowest BCUT2D eigenvalue weighted by Crippen LogP contribution is -1.93. The van der Waals surface area contributed by atoms with Crippen molar-refractivity contribution in [2.75, 3.05) is 33.7 Å². The van der Waals surface area contributed by atoms with Crippen molar-refractivity contribution in [3.05, 3.63) is 71.3 Å². The van der Waals surface area contributed by atoms with Crippen molar-refractivity contribution in [3.8, 4) is 0 Å². The fourth-order valence-electron chi connectivity index (χ4n) is 1.81. The Balaban J connectivity index is 0.000000399. The van der Waals surface area contributed by atoms with Crippen LogP contribution in [0.3, 0.4) is 0 Å². The van der Waals surface area contributed by atoms with Gasteiger partial charge in [0.25, 0.3) is 0 Å². The zero-order valence-corrected chi connectivity index (χ0v) is 16.3. The summed E-state index contributed by atoms with van der Waals surface area (Å²) in [6, 6.07) is 12.8. The second-order valence-electron chi connectivity index (χ2n) is 5.32. The van der Waals surface area contributed by atoms with E-state index < -0.39 is 0 Å². The number of methoxy groups -OCH3 is 1. The van der Waals surface area contributed by atoms with Gasteiger partial charge in [0, 0.05) is 13.7 Å². The van der Waals surface area contributed by atoms with Crippen LogP contribution in [0.2, 0.25) is 0 Å². The lowest BCUT2D eigenvalue weighted by molar-refractivity contribution is 0.202. The molecule has 0 fully saturated rings. The molecule has 0 aliphatic heterocycles. The first-order valence-electron chi connectivity index (χ1n) is 8.24. The summed E-state index contributed by atoms with van der Waals surface area (Å²) in [5, 5.41) is 8.51. The van der Waals surface area contributed by atoms with Crippen LogP contribution in [-0.2, 0) is 17.6 Å². The van der Waals surface area contributed by atoms with Crippen LogP contribution >= 0.6 is 8.58 Å². The highest BCUT2D eigenvalue weighted by Crippen LogP contribution is 2.04. The van der Waals surface area contributed by atoms with Crippen molar-refractivity contribution in [2.45, 2.75) is 19.3 Å². The molecule has 2 aromatic rings. The van der Waals surface area contributed by atoms with Crippen LogP contribution in [0.4, 0.5) is 8.78 Å². The third-order valence-corrected chi connectivity index (χ3v) is 3.04. The van der Waals surface area contributed by atoms with Crippen molar-refractivity contribution < 1.29 is 18.6 Å². The Kier molecular flexibility index (Phi) is 15.3. The van der Waals surface area contributed by atoms with Gasteiger partial charge in [0.1, 0.15) is 11.6 Å². The Morgan fingerprint density at radius 1 is 0.840 bits per heavy atom. The normalized spacial score (nSPS) is 9.52. The Morgan fingerprint density at radius 3 is 1.60 bits per heavy atom. The second kappa shape index (κ2) is 16.1. The predicted octanol–water partition coefficient (Wildman–Crippen LogP) is 4.69. The van der Waals surface area contributed by atoms with Gasteiger partial charge in [0.05, 0.1) is 6.61 Å². The van der Waals surface area contributed by atoms with Gasteiger partial charge in [-0.15, -0.1) is 8.58 Å². The first-order chi connectivity index (χ1) is 12.1. The number of halogens is 2. The molecular weight excluding hydrogens is 341 g/mol. The highest BCUT2D eigenvalue weighted by molar-refractivity contribution is 7.35. The summed E-state index contributed by atoms with van der Waals surface area (Å²) in [4.78, 5) is 0. The molecule has 0 heterocycles. The van der Waals surface area contributed by atoms with Crippen LogP contribution in [0.25, 0.3) is 0 Å². The number of ether oxygens (including phenoxy) is 1.